The number of nitrogens with zero attached hydrogens (tertiary/aromatic N) is 2. The number of aromatic nitrogens is 2. The number of hydrogen-bond acceptors (Lipinski definition) is 4. The standard InChI is InChI=1S/C12H11FN4O/c13-9-3-1-8(2-4-9)7-17-12(18)10-11(14)16-6-5-15-10/h1-6H,7H2,(H2,14,16)(H,17,18). The van der Waals surface area contributed by atoms with Crippen molar-refractivity contribution >= 4 is 11.7 Å². The minimum absolute atomic E-state index is 0.0779. The molecule has 0 bridgehead atoms. The lowest BCUT2D eigenvalue weighted by Crippen LogP contribution is -2.25. The zero-order valence-electron chi connectivity index (χ0n) is 9.43. The molecule has 3 N–H and O–H groups in total. The van der Waals surface area contributed by atoms with Crippen LogP contribution in [0.15, 0.2) is 36.7 Å². The predicted molar refractivity (Wildman–Crippen MR) is 64.0 cm³/mol. The minimum Gasteiger partial charge on any atom is -0.382 e. The third-order valence-corrected chi connectivity index (χ3v) is 2.31. The zero-order chi connectivity index (χ0) is 13.0. The molecule has 0 atom stereocenters. The average molecular weight is 246 g/mol. The minimum atomic E-state index is -0.412. The van der Waals surface area contributed by atoms with E-state index in [-0.39, 0.29) is 23.9 Å². The van der Waals surface area contributed by atoms with Crippen LogP contribution in [0.3, 0.4) is 0 Å². The maximum atomic E-state index is 12.7. The molecular weight excluding hydrogens is 235 g/mol. The highest BCUT2D eigenvalue weighted by Crippen LogP contribution is 2.05. The summed E-state index contributed by atoms with van der Waals surface area (Å²) in [5.41, 5.74) is 6.39. The number of halogens is 1. The Labute approximate surface area is 103 Å². The van der Waals surface area contributed by atoms with E-state index in [1.54, 1.807) is 12.1 Å². The third kappa shape index (κ3) is 2.79. The molecule has 0 aliphatic heterocycles. The first-order valence-electron chi connectivity index (χ1n) is 5.26. The van der Waals surface area contributed by atoms with Gasteiger partial charge in [0.15, 0.2) is 11.5 Å². The normalized spacial score (nSPS) is 10.1. The molecule has 0 spiro atoms. The summed E-state index contributed by atoms with van der Waals surface area (Å²) in [6.45, 7) is 0.273. The number of rotatable bonds is 3. The van der Waals surface area contributed by atoms with Gasteiger partial charge in [-0.25, -0.2) is 14.4 Å². The molecule has 0 fully saturated rings. The summed E-state index contributed by atoms with van der Waals surface area (Å²) in [7, 11) is 0. The van der Waals surface area contributed by atoms with Crippen molar-refractivity contribution in [3.05, 3.63) is 53.7 Å². The van der Waals surface area contributed by atoms with Crippen molar-refractivity contribution in [3.8, 4) is 0 Å². The second-order valence-electron chi connectivity index (χ2n) is 3.60. The largest absolute Gasteiger partial charge is 0.382 e. The van der Waals surface area contributed by atoms with Gasteiger partial charge in [0.05, 0.1) is 0 Å². The fraction of sp³-hybridized carbons (Fsp3) is 0.0833. The van der Waals surface area contributed by atoms with E-state index in [1.165, 1.54) is 24.5 Å². The molecule has 0 aliphatic carbocycles. The number of carbonyl (C=O) groups excluding carboxylic acids is 1. The molecular formula is C12H11FN4O. The summed E-state index contributed by atoms with van der Waals surface area (Å²) in [5.74, 6) is -0.651. The summed E-state index contributed by atoms with van der Waals surface area (Å²) in [6.07, 6.45) is 2.80. The van der Waals surface area contributed by atoms with Crippen molar-refractivity contribution in [1.29, 1.82) is 0 Å². The molecule has 5 nitrogen and oxygen atoms in total. The molecule has 0 aliphatic rings. The third-order valence-electron chi connectivity index (χ3n) is 2.31. The monoisotopic (exact) mass is 246 g/mol. The predicted octanol–water partition coefficient (Wildman–Crippen LogP) is 1.13. The van der Waals surface area contributed by atoms with Crippen molar-refractivity contribution in [2.45, 2.75) is 6.54 Å². The molecule has 0 saturated heterocycles. The number of carbonyl (C=O) groups is 1. The van der Waals surface area contributed by atoms with Gasteiger partial charge in [-0.3, -0.25) is 4.79 Å². The number of anilines is 1. The van der Waals surface area contributed by atoms with E-state index in [9.17, 15) is 9.18 Å². The van der Waals surface area contributed by atoms with Crippen LogP contribution in [0.25, 0.3) is 0 Å². The van der Waals surface area contributed by atoms with Gasteiger partial charge in [0.1, 0.15) is 5.82 Å². The van der Waals surface area contributed by atoms with Crippen LogP contribution < -0.4 is 11.1 Å². The van der Waals surface area contributed by atoms with Gasteiger partial charge in [-0.1, -0.05) is 12.1 Å². The number of nitrogens with two attached hydrogens (primary N) is 1. The van der Waals surface area contributed by atoms with E-state index in [1.807, 2.05) is 0 Å². The average Bonchev–Trinajstić information content (AvgIpc) is 2.38. The molecule has 6 heteroatoms. The van der Waals surface area contributed by atoms with E-state index < -0.39 is 5.91 Å². The second-order valence-corrected chi connectivity index (χ2v) is 3.60. The van der Waals surface area contributed by atoms with Gasteiger partial charge in [0.2, 0.25) is 0 Å². The lowest BCUT2D eigenvalue weighted by Gasteiger charge is -2.05. The first-order valence-corrected chi connectivity index (χ1v) is 5.26. The number of benzene rings is 1. The first kappa shape index (κ1) is 12.0. The van der Waals surface area contributed by atoms with E-state index in [0.717, 1.165) is 5.56 Å². The fourth-order valence-electron chi connectivity index (χ4n) is 1.39. The highest BCUT2D eigenvalue weighted by atomic mass is 19.1. The molecule has 1 aromatic carbocycles. The van der Waals surface area contributed by atoms with Gasteiger partial charge in [0.25, 0.3) is 5.91 Å². The maximum Gasteiger partial charge on any atom is 0.273 e. The van der Waals surface area contributed by atoms with Crippen LogP contribution >= 0.6 is 0 Å². The zero-order valence-corrected chi connectivity index (χ0v) is 9.43. The van der Waals surface area contributed by atoms with Crippen LogP contribution in [0, 0.1) is 5.82 Å². The second kappa shape index (κ2) is 5.22. The van der Waals surface area contributed by atoms with E-state index in [2.05, 4.69) is 15.3 Å². The van der Waals surface area contributed by atoms with Crippen LogP contribution in [0.5, 0.6) is 0 Å². The first-order chi connectivity index (χ1) is 8.66. The molecule has 0 radical (unpaired) electrons. The lowest BCUT2D eigenvalue weighted by atomic mass is 10.2. The lowest BCUT2D eigenvalue weighted by molar-refractivity contribution is 0.0946. The molecule has 92 valence electrons. The Morgan fingerprint density at radius 3 is 2.56 bits per heavy atom. The van der Waals surface area contributed by atoms with E-state index >= 15 is 0 Å². The van der Waals surface area contributed by atoms with Crippen LogP contribution in [0.1, 0.15) is 16.1 Å². The summed E-state index contributed by atoms with van der Waals surface area (Å²) >= 11 is 0. The number of nitrogen functional groups attached to an aromatic ring is 1. The molecule has 2 rings (SSSR count). The number of amides is 1. The summed E-state index contributed by atoms with van der Waals surface area (Å²) < 4.78 is 12.7. The van der Waals surface area contributed by atoms with Crippen LogP contribution in [0.4, 0.5) is 10.2 Å². The Kier molecular flexibility index (Phi) is 3.47. The Balaban J connectivity index is 2.01. The summed E-state index contributed by atoms with van der Waals surface area (Å²) in [4.78, 5) is 19.4. The van der Waals surface area contributed by atoms with Crippen molar-refractivity contribution in [2.75, 3.05) is 5.73 Å². The summed E-state index contributed by atoms with van der Waals surface area (Å²) in [6, 6.07) is 5.85. The molecule has 2 aromatic rings. The van der Waals surface area contributed by atoms with Gasteiger partial charge in [-0.15, -0.1) is 0 Å². The SMILES string of the molecule is Nc1nccnc1C(=O)NCc1ccc(F)cc1. The highest BCUT2D eigenvalue weighted by Gasteiger charge is 2.11. The van der Waals surface area contributed by atoms with Crippen molar-refractivity contribution < 1.29 is 9.18 Å². The Morgan fingerprint density at radius 1 is 1.22 bits per heavy atom. The van der Waals surface area contributed by atoms with Crippen LogP contribution in [0.2, 0.25) is 0 Å². The van der Waals surface area contributed by atoms with Crippen LogP contribution in [-0.4, -0.2) is 15.9 Å². The Hall–Kier alpha value is -2.50. The number of hydrogen-bond donors (Lipinski definition) is 2. The van der Waals surface area contributed by atoms with Crippen LogP contribution in [-0.2, 0) is 6.54 Å². The van der Waals surface area contributed by atoms with Gasteiger partial charge in [-0.2, -0.15) is 0 Å². The number of nitrogens with one attached hydrogen (secondary N) is 1. The van der Waals surface area contributed by atoms with Gasteiger partial charge in [0, 0.05) is 18.9 Å². The Bertz CT molecular complexity index is 556. The quantitative estimate of drug-likeness (QED) is 0.850. The van der Waals surface area contributed by atoms with Crippen molar-refractivity contribution in [2.24, 2.45) is 0 Å². The fourth-order valence-corrected chi connectivity index (χ4v) is 1.39. The molecule has 18 heavy (non-hydrogen) atoms. The molecule has 0 saturated carbocycles. The van der Waals surface area contributed by atoms with E-state index in [0.29, 0.717) is 0 Å². The molecule has 1 amide bonds. The smallest absolute Gasteiger partial charge is 0.273 e. The topological polar surface area (TPSA) is 80.9 Å². The van der Waals surface area contributed by atoms with Crippen molar-refractivity contribution in [1.82, 2.24) is 15.3 Å². The van der Waals surface area contributed by atoms with Crippen molar-refractivity contribution in [3.63, 3.8) is 0 Å². The summed E-state index contributed by atoms with van der Waals surface area (Å²) in [5, 5.41) is 2.63. The van der Waals surface area contributed by atoms with E-state index in [4.69, 9.17) is 5.73 Å². The molecule has 1 aromatic heterocycles. The van der Waals surface area contributed by atoms with Gasteiger partial charge < -0.3 is 11.1 Å². The molecule has 1 heterocycles. The maximum absolute atomic E-state index is 12.7. The highest BCUT2D eigenvalue weighted by molar-refractivity contribution is 5.96. The molecule has 0 unspecified atom stereocenters. The van der Waals surface area contributed by atoms with Gasteiger partial charge in [-0.05, 0) is 17.7 Å². The van der Waals surface area contributed by atoms with Gasteiger partial charge >= 0.3 is 0 Å². The Morgan fingerprint density at radius 2 is 1.89 bits per heavy atom.